The molecule has 0 atom stereocenters. The van der Waals surface area contributed by atoms with Crippen LogP contribution in [-0.2, 0) is 0 Å². The van der Waals surface area contributed by atoms with Crippen molar-refractivity contribution in [2.75, 3.05) is 4.90 Å². The Balaban J connectivity index is 1.13. The minimum atomic E-state index is 0.862. The highest BCUT2D eigenvalue weighted by atomic mass is 16.3. The fourth-order valence-corrected chi connectivity index (χ4v) is 9.12. The second-order valence-electron chi connectivity index (χ2n) is 15.4. The van der Waals surface area contributed by atoms with Crippen LogP contribution in [0.5, 0.6) is 0 Å². The van der Waals surface area contributed by atoms with Crippen molar-refractivity contribution in [2.45, 2.75) is 13.8 Å². The van der Waals surface area contributed by atoms with E-state index in [1.165, 1.54) is 55.2 Å². The van der Waals surface area contributed by atoms with Crippen LogP contribution in [0.2, 0.25) is 0 Å². The second-order valence-corrected chi connectivity index (χ2v) is 15.4. The first-order valence-electron chi connectivity index (χ1n) is 20.3. The zero-order valence-corrected chi connectivity index (χ0v) is 32.9. The summed E-state index contributed by atoms with van der Waals surface area (Å²) in [6.07, 6.45) is 0. The fraction of sp³-hybridized carbons (Fsp3) is 0.0357. The molecule has 59 heavy (non-hydrogen) atoms. The third kappa shape index (κ3) is 5.82. The van der Waals surface area contributed by atoms with Gasteiger partial charge in [0.15, 0.2) is 0 Å². The molecule has 2 heterocycles. The molecule has 0 saturated carbocycles. The summed E-state index contributed by atoms with van der Waals surface area (Å²) < 4.78 is 9.32. The third-order valence-electron chi connectivity index (χ3n) is 11.8. The van der Waals surface area contributed by atoms with Crippen LogP contribution in [0.1, 0.15) is 11.1 Å². The third-order valence-corrected chi connectivity index (χ3v) is 11.8. The van der Waals surface area contributed by atoms with Crippen LogP contribution in [0, 0.1) is 13.8 Å². The van der Waals surface area contributed by atoms with Gasteiger partial charge < -0.3 is 13.9 Å². The van der Waals surface area contributed by atoms with Crippen molar-refractivity contribution in [3.8, 4) is 39.1 Å². The Morgan fingerprint density at radius 2 is 0.915 bits per heavy atom. The monoisotopic (exact) mass is 756 g/mol. The van der Waals surface area contributed by atoms with E-state index in [1.807, 2.05) is 0 Å². The van der Waals surface area contributed by atoms with Gasteiger partial charge in [-0.2, -0.15) is 0 Å². The van der Waals surface area contributed by atoms with E-state index >= 15 is 0 Å². The van der Waals surface area contributed by atoms with Crippen molar-refractivity contribution in [1.82, 2.24) is 4.57 Å². The molecule has 3 nitrogen and oxygen atoms in total. The number of aromatic nitrogens is 1. The average molecular weight is 757 g/mol. The van der Waals surface area contributed by atoms with E-state index in [-0.39, 0.29) is 0 Å². The highest BCUT2D eigenvalue weighted by Crippen LogP contribution is 2.47. The minimum Gasteiger partial charge on any atom is -0.455 e. The number of hydrogen-bond donors (Lipinski definition) is 0. The summed E-state index contributed by atoms with van der Waals surface area (Å²) in [7, 11) is 0. The Morgan fingerprint density at radius 1 is 0.407 bits per heavy atom. The van der Waals surface area contributed by atoms with Crippen LogP contribution in [0.4, 0.5) is 17.1 Å². The van der Waals surface area contributed by atoms with E-state index in [0.29, 0.717) is 0 Å². The molecule has 3 heteroatoms. The zero-order valence-electron chi connectivity index (χ0n) is 32.9. The van der Waals surface area contributed by atoms with Gasteiger partial charge in [-0.25, -0.2) is 0 Å². The summed E-state index contributed by atoms with van der Waals surface area (Å²) in [6.45, 7) is 4.42. The van der Waals surface area contributed by atoms with Gasteiger partial charge >= 0.3 is 0 Å². The molecule has 9 aromatic carbocycles. The van der Waals surface area contributed by atoms with Crippen LogP contribution in [0.15, 0.2) is 211 Å². The number of aryl methyl sites for hydroxylation is 2. The Labute approximate surface area is 343 Å². The van der Waals surface area contributed by atoms with Crippen molar-refractivity contribution < 1.29 is 4.42 Å². The summed E-state index contributed by atoms with van der Waals surface area (Å²) in [6, 6.07) is 74.2. The Bertz CT molecular complexity index is 3210. The Kier molecular flexibility index (Phi) is 8.27. The van der Waals surface area contributed by atoms with Gasteiger partial charge in [0.25, 0.3) is 0 Å². The van der Waals surface area contributed by atoms with Gasteiger partial charge in [0, 0.05) is 38.8 Å². The number of para-hydroxylation sites is 3. The van der Waals surface area contributed by atoms with Gasteiger partial charge in [0.1, 0.15) is 11.2 Å². The number of rotatable bonds is 7. The molecule has 0 unspecified atom stereocenters. The van der Waals surface area contributed by atoms with Gasteiger partial charge in [-0.05, 0) is 120 Å². The van der Waals surface area contributed by atoms with E-state index < -0.39 is 0 Å². The summed E-state index contributed by atoms with van der Waals surface area (Å²) >= 11 is 0. The molecule has 0 radical (unpaired) electrons. The zero-order chi connectivity index (χ0) is 39.5. The number of hydrogen-bond acceptors (Lipinski definition) is 2. The van der Waals surface area contributed by atoms with Gasteiger partial charge in [0.05, 0.1) is 22.1 Å². The van der Waals surface area contributed by atoms with E-state index in [1.54, 1.807) is 0 Å². The lowest BCUT2D eigenvalue weighted by Gasteiger charge is -2.28. The molecule has 0 saturated heterocycles. The quantitative estimate of drug-likeness (QED) is 0.161. The maximum atomic E-state index is 6.94. The standard InChI is InChI=1S/C56H40N2O/c1-37-34-43(28-30-45(37)39-16-5-3-6-17-39)57(44-29-31-46(38(2)35-44)40-18-7-4-8-19-40)53-33-32-47(56-55(53)50-24-11-14-27-54(50)59-56)41-20-15-21-42(36-41)58-51-25-12-9-22-48(51)49-23-10-13-26-52(49)58/h3-36H,1-2H3. The number of fused-ring (bicyclic) bond motifs is 6. The molecular weight excluding hydrogens is 717 g/mol. The number of furan rings is 1. The number of anilines is 3. The van der Waals surface area contributed by atoms with Gasteiger partial charge in [-0.1, -0.05) is 140 Å². The maximum Gasteiger partial charge on any atom is 0.145 e. The summed E-state index contributed by atoms with van der Waals surface area (Å²) in [5.41, 5.74) is 17.9. The van der Waals surface area contributed by atoms with Crippen LogP contribution < -0.4 is 4.90 Å². The van der Waals surface area contributed by atoms with Crippen LogP contribution in [0.25, 0.3) is 82.8 Å². The second kappa shape index (κ2) is 14.1. The summed E-state index contributed by atoms with van der Waals surface area (Å²) in [5.74, 6) is 0. The Morgan fingerprint density at radius 3 is 1.51 bits per heavy atom. The summed E-state index contributed by atoms with van der Waals surface area (Å²) in [5, 5.41) is 4.65. The predicted molar refractivity (Wildman–Crippen MR) is 249 cm³/mol. The van der Waals surface area contributed by atoms with Crippen LogP contribution in [-0.4, -0.2) is 4.57 Å². The molecule has 11 rings (SSSR count). The predicted octanol–water partition coefficient (Wildman–Crippen LogP) is 15.8. The molecule has 0 amide bonds. The maximum absolute atomic E-state index is 6.94. The molecule has 0 N–H and O–H groups in total. The first-order chi connectivity index (χ1) is 29.1. The molecule has 0 aliphatic rings. The van der Waals surface area contributed by atoms with Crippen molar-refractivity contribution in [2.24, 2.45) is 0 Å². The molecule has 280 valence electrons. The van der Waals surface area contributed by atoms with Crippen molar-refractivity contribution in [3.05, 3.63) is 217 Å². The average Bonchev–Trinajstić information content (AvgIpc) is 3.84. The molecule has 0 spiro atoms. The molecule has 0 bridgehead atoms. The van der Waals surface area contributed by atoms with Crippen LogP contribution in [0.3, 0.4) is 0 Å². The van der Waals surface area contributed by atoms with Gasteiger partial charge in [-0.3, -0.25) is 0 Å². The Hall–Kier alpha value is -7.62. The smallest absolute Gasteiger partial charge is 0.145 e. The van der Waals surface area contributed by atoms with E-state index in [2.05, 4.69) is 230 Å². The van der Waals surface area contributed by atoms with E-state index in [9.17, 15) is 0 Å². The first-order valence-corrected chi connectivity index (χ1v) is 20.3. The topological polar surface area (TPSA) is 21.3 Å². The summed E-state index contributed by atoms with van der Waals surface area (Å²) in [4.78, 5) is 2.41. The SMILES string of the molecule is Cc1cc(N(c2ccc(-c3ccccc3)c(C)c2)c2ccc(-c3cccc(-n4c5ccccc5c5ccccc54)c3)c3oc4ccccc4c23)ccc1-c1ccccc1. The van der Waals surface area contributed by atoms with Gasteiger partial charge in [0.2, 0.25) is 0 Å². The lowest BCUT2D eigenvalue weighted by atomic mass is 9.96. The van der Waals surface area contributed by atoms with E-state index in [4.69, 9.17) is 4.42 Å². The highest BCUT2D eigenvalue weighted by Gasteiger charge is 2.24. The van der Waals surface area contributed by atoms with Crippen molar-refractivity contribution >= 4 is 60.8 Å². The fourth-order valence-electron chi connectivity index (χ4n) is 9.12. The minimum absolute atomic E-state index is 0.862. The molecular formula is C56H40N2O. The normalized spacial score (nSPS) is 11.6. The number of benzene rings is 9. The molecule has 0 fully saturated rings. The largest absolute Gasteiger partial charge is 0.455 e. The molecule has 11 aromatic rings. The molecule has 2 aromatic heterocycles. The van der Waals surface area contributed by atoms with Gasteiger partial charge in [-0.15, -0.1) is 0 Å². The lowest BCUT2D eigenvalue weighted by molar-refractivity contribution is 0.670. The van der Waals surface area contributed by atoms with Crippen molar-refractivity contribution in [3.63, 3.8) is 0 Å². The van der Waals surface area contributed by atoms with Crippen molar-refractivity contribution in [1.29, 1.82) is 0 Å². The molecule has 0 aliphatic carbocycles. The molecule has 0 aliphatic heterocycles. The number of nitrogens with zero attached hydrogens (tertiary/aromatic N) is 2. The van der Waals surface area contributed by atoms with E-state index in [0.717, 1.165) is 55.8 Å². The first kappa shape index (κ1) is 34.6. The lowest BCUT2D eigenvalue weighted by Crippen LogP contribution is -2.11. The van der Waals surface area contributed by atoms with Crippen LogP contribution >= 0.6 is 0 Å². The highest BCUT2D eigenvalue weighted by molar-refractivity contribution is 6.17.